The predicted molar refractivity (Wildman–Crippen MR) is 116 cm³/mol. The Kier molecular flexibility index (Phi) is 7.62. The number of allylic oxidation sites excluding steroid dienone is 2. The second-order valence-corrected chi connectivity index (χ2v) is 7.45. The average Bonchev–Trinajstić information content (AvgIpc) is 2.77. The molecule has 1 aliphatic rings. The van der Waals surface area contributed by atoms with Gasteiger partial charge in [0.15, 0.2) is 0 Å². The molecule has 0 fully saturated rings. The van der Waals surface area contributed by atoms with Crippen LogP contribution >= 0.6 is 0 Å². The summed E-state index contributed by atoms with van der Waals surface area (Å²) >= 11 is 0. The van der Waals surface area contributed by atoms with E-state index in [2.05, 4.69) is 0 Å². The third-order valence-electron chi connectivity index (χ3n) is 5.16. The van der Waals surface area contributed by atoms with Gasteiger partial charge >= 0.3 is 6.18 Å². The van der Waals surface area contributed by atoms with Crippen molar-refractivity contribution in [1.82, 2.24) is 4.90 Å². The molecule has 1 aliphatic heterocycles. The van der Waals surface area contributed by atoms with Crippen molar-refractivity contribution in [2.24, 2.45) is 0 Å². The average molecular weight is 445 g/mol. The van der Waals surface area contributed by atoms with Crippen molar-refractivity contribution in [1.29, 1.82) is 0 Å². The van der Waals surface area contributed by atoms with Crippen LogP contribution in [0.15, 0.2) is 66.6 Å². The van der Waals surface area contributed by atoms with E-state index in [0.717, 1.165) is 36.1 Å². The van der Waals surface area contributed by atoms with Crippen LogP contribution in [0.3, 0.4) is 0 Å². The van der Waals surface area contributed by atoms with Gasteiger partial charge < -0.3 is 14.4 Å². The van der Waals surface area contributed by atoms with Crippen molar-refractivity contribution < 1.29 is 27.4 Å². The number of halogens is 3. The fourth-order valence-electron chi connectivity index (χ4n) is 3.36. The number of carbonyl (C=O) groups is 1. The molecule has 1 heterocycles. The summed E-state index contributed by atoms with van der Waals surface area (Å²) in [7, 11) is 0. The molecular weight excluding hydrogens is 419 g/mol. The lowest BCUT2D eigenvalue weighted by Gasteiger charge is -2.29. The maximum absolute atomic E-state index is 12.8. The number of fused-ring (bicyclic) bond motifs is 1. The summed E-state index contributed by atoms with van der Waals surface area (Å²) in [5.41, 5.74) is 1.36. The largest absolute Gasteiger partial charge is 0.470 e. The van der Waals surface area contributed by atoms with Gasteiger partial charge in [-0.3, -0.25) is 4.79 Å². The maximum Gasteiger partial charge on any atom is 0.416 e. The fraction of sp³-hybridized carbons (Fsp3) is 0.320. The van der Waals surface area contributed by atoms with E-state index in [9.17, 15) is 18.0 Å². The Bertz CT molecular complexity index is 994. The zero-order valence-corrected chi connectivity index (χ0v) is 18.1. The number of alkyl halides is 3. The highest BCUT2D eigenvalue weighted by molar-refractivity contribution is 5.78. The molecule has 170 valence electrons. The normalized spacial score (nSPS) is 14.4. The molecule has 1 amide bonds. The first-order chi connectivity index (χ1) is 15.3. The van der Waals surface area contributed by atoms with E-state index in [1.807, 2.05) is 32.1 Å². The van der Waals surface area contributed by atoms with Gasteiger partial charge in [0.25, 0.3) is 0 Å². The van der Waals surface area contributed by atoms with Crippen LogP contribution in [-0.4, -0.2) is 17.4 Å². The lowest BCUT2D eigenvalue weighted by molar-refractivity contribution is -0.137. The van der Waals surface area contributed by atoms with Gasteiger partial charge in [-0.25, -0.2) is 0 Å². The summed E-state index contributed by atoms with van der Waals surface area (Å²) in [6.45, 7) is 4.90. The summed E-state index contributed by atoms with van der Waals surface area (Å²) in [6, 6.07) is 10.1. The molecule has 7 heteroatoms. The van der Waals surface area contributed by atoms with Gasteiger partial charge in [-0.2, -0.15) is 13.2 Å². The molecule has 3 rings (SSSR count). The zero-order valence-electron chi connectivity index (χ0n) is 18.1. The van der Waals surface area contributed by atoms with Crippen LogP contribution in [0.4, 0.5) is 13.2 Å². The van der Waals surface area contributed by atoms with Crippen molar-refractivity contribution in [2.45, 2.75) is 45.8 Å². The Labute approximate surface area is 185 Å². The molecule has 0 unspecified atom stereocenters. The van der Waals surface area contributed by atoms with Crippen LogP contribution in [0.2, 0.25) is 0 Å². The number of hydrogen-bond acceptors (Lipinski definition) is 3. The predicted octanol–water partition coefficient (Wildman–Crippen LogP) is 6.62. The number of rotatable bonds is 7. The molecule has 0 saturated carbocycles. The van der Waals surface area contributed by atoms with Crippen LogP contribution in [-0.2, 0) is 28.7 Å². The maximum atomic E-state index is 12.8. The lowest BCUT2D eigenvalue weighted by Crippen LogP contribution is -2.36. The molecular formula is C25H26F3NO3. The van der Waals surface area contributed by atoms with Gasteiger partial charge in [0.1, 0.15) is 17.3 Å². The Morgan fingerprint density at radius 3 is 2.47 bits per heavy atom. The van der Waals surface area contributed by atoms with E-state index in [1.165, 1.54) is 12.1 Å². The Balaban J connectivity index is 1.65. The number of nitrogens with zero attached hydrogens (tertiary/aromatic N) is 1. The second kappa shape index (κ2) is 10.4. The first-order valence-corrected chi connectivity index (χ1v) is 10.5. The van der Waals surface area contributed by atoms with Crippen molar-refractivity contribution in [3.05, 3.63) is 83.3 Å². The van der Waals surface area contributed by atoms with Gasteiger partial charge in [0.2, 0.25) is 5.91 Å². The van der Waals surface area contributed by atoms with E-state index in [-0.39, 0.29) is 12.3 Å². The van der Waals surface area contributed by atoms with E-state index in [1.54, 1.807) is 23.3 Å². The summed E-state index contributed by atoms with van der Waals surface area (Å²) in [5, 5.41) is 0. The molecule has 0 aromatic heterocycles. The smallest absolute Gasteiger partial charge is 0.416 e. The fourth-order valence-corrected chi connectivity index (χ4v) is 3.36. The van der Waals surface area contributed by atoms with E-state index in [4.69, 9.17) is 9.47 Å². The molecule has 0 atom stereocenters. The molecule has 0 radical (unpaired) electrons. The molecule has 32 heavy (non-hydrogen) atoms. The lowest BCUT2D eigenvalue weighted by atomic mass is 9.99. The van der Waals surface area contributed by atoms with E-state index < -0.39 is 11.7 Å². The SMILES string of the molecule is C/C=C(/CC(=O)N1CCc2ccc(Oc3ccc(C(F)(F)F)cc3)cc2C1)O/C=C/CC. The third kappa shape index (κ3) is 6.15. The second-order valence-electron chi connectivity index (χ2n) is 7.45. The quantitative estimate of drug-likeness (QED) is 0.450. The van der Waals surface area contributed by atoms with Gasteiger partial charge in [0.05, 0.1) is 18.2 Å². The standard InChI is InChI=1S/C25H26F3NO3/c1-3-5-14-31-21(4-2)16-24(30)29-13-12-18-6-9-23(15-19(18)17-29)32-22-10-7-20(8-11-22)25(26,27)28/h4-11,14-15H,3,12-13,16-17H2,1-2H3/b14-5+,21-4-. The number of benzene rings is 2. The number of ether oxygens (including phenoxy) is 2. The van der Waals surface area contributed by atoms with Crippen molar-refractivity contribution >= 4 is 5.91 Å². The molecule has 0 aliphatic carbocycles. The van der Waals surface area contributed by atoms with Gasteiger partial charge in [0, 0.05) is 13.1 Å². The molecule has 0 N–H and O–H groups in total. The molecule has 0 saturated heterocycles. The van der Waals surface area contributed by atoms with Crippen LogP contribution in [0.5, 0.6) is 11.5 Å². The molecule has 2 aromatic carbocycles. The molecule has 0 spiro atoms. The van der Waals surface area contributed by atoms with E-state index >= 15 is 0 Å². The molecule has 0 bridgehead atoms. The Hall–Kier alpha value is -3.22. The van der Waals surface area contributed by atoms with Gasteiger partial charge in [-0.05, 0) is 79.4 Å². The van der Waals surface area contributed by atoms with Crippen LogP contribution in [0.25, 0.3) is 0 Å². The number of hydrogen-bond donors (Lipinski definition) is 0. The summed E-state index contributed by atoms with van der Waals surface area (Å²) in [4.78, 5) is 14.5. The van der Waals surface area contributed by atoms with Crippen LogP contribution < -0.4 is 4.74 Å². The molecule has 2 aromatic rings. The highest BCUT2D eigenvalue weighted by Gasteiger charge is 2.30. The van der Waals surface area contributed by atoms with E-state index in [0.29, 0.717) is 30.3 Å². The summed E-state index contributed by atoms with van der Waals surface area (Å²) in [5.74, 6) is 1.41. The van der Waals surface area contributed by atoms with Gasteiger partial charge in [-0.1, -0.05) is 13.0 Å². The first-order valence-electron chi connectivity index (χ1n) is 10.5. The van der Waals surface area contributed by atoms with Crippen LogP contribution in [0, 0.1) is 0 Å². The topological polar surface area (TPSA) is 38.8 Å². The van der Waals surface area contributed by atoms with Crippen molar-refractivity contribution in [3.63, 3.8) is 0 Å². The number of carbonyl (C=O) groups excluding carboxylic acids is 1. The van der Waals surface area contributed by atoms with Crippen molar-refractivity contribution in [3.8, 4) is 11.5 Å². The Morgan fingerprint density at radius 1 is 1.09 bits per heavy atom. The zero-order chi connectivity index (χ0) is 23.1. The minimum Gasteiger partial charge on any atom is -0.470 e. The molecule has 4 nitrogen and oxygen atoms in total. The first kappa shape index (κ1) is 23.4. The Morgan fingerprint density at radius 2 is 1.81 bits per heavy atom. The highest BCUT2D eigenvalue weighted by atomic mass is 19.4. The summed E-state index contributed by atoms with van der Waals surface area (Å²) < 4.78 is 49.4. The summed E-state index contributed by atoms with van der Waals surface area (Å²) in [6.07, 6.45) is 2.63. The number of amides is 1. The van der Waals surface area contributed by atoms with Gasteiger partial charge in [-0.15, -0.1) is 0 Å². The minimum absolute atomic E-state index is 0.0253. The minimum atomic E-state index is -4.38. The highest BCUT2D eigenvalue weighted by Crippen LogP contribution is 2.32. The van der Waals surface area contributed by atoms with Crippen molar-refractivity contribution in [2.75, 3.05) is 6.54 Å². The monoisotopic (exact) mass is 445 g/mol. The van der Waals surface area contributed by atoms with Crippen LogP contribution in [0.1, 0.15) is 43.4 Å². The third-order valence-corrected chi connectivity index (χ3v) is 5.16.